The standard InChI is InChI=1S/C8H16N2O3/c1-3-9-5-4-7(11)10-6-8(12)13-2/h9H,3-6H2,1-2H3,(H,10,11). The van der Waals surface area contributed by atoms with Crippen molar-refractivity contribution in [2.75, 3.05) is 26.7 Å². The smallest absolute Gasteiger partial charge is 0.325 e. The molecular weight excluding hydrogens is 172 g/mol. The van der Waals surface area contributed by atoms with Crippen LogP contribution in [-0.4, -0.2) is 38.6 Å². The lowest BCUT2D eigenvalue weighted by molar-refractivity contribution is -0.141. The summed E-state index contributed by atoms with van der Waals surface area (Å²) in [6, 6.07) is 0. The highest BCUT2D eigenvalue weighted by molar-refractivity contribution is 5.81. The first-order valence-corrected chi connectivity index (χ1v) is 4.25. The first kappa shape index (κ1) is 11.9. The van der Waals surface area contributed by atoms with Gasteiger partial charge in [-0.2, -0.15) is 0 Å². The van der Waals surface area contributed by atoms with E-state index in [9.17, 15) is 9.59 Å². The monoisotopic (exact) mass is 188 g/mol. The van der Waals surface area contributed by atoms with Gasteiger partial charge in [-0.15, -0.1) is 0 Å². The van der Waals surface area contributed by atoms with E-state index in [2.05, 4.69) is 15.4 Å². The van der Waals surface area contributed by atoms with Crippen molar-refractivity contribution in [3.05, 3.63) is 0 Å². The fourth-order valence-electron chi connectivity index (χ4n) is 0.710. The van der Waals surface area contributed by atoms with Crippen molar-refractivity contribution in [3.63, 3.8) is 0 Å². The molecule has 1 amide bonds. The molecule has 0 aliphatic carbocycles. The molecule has 0 aromatic carbocycles. The van der Waals surface area contributed by atoms with E-state index >= 15 is 0 Å². The minimum Gasteiger partial charge on any atom is -0.468 e. The van der Waals surface area contributed by atoms with Crippen molar-refractivity contribution in [2.45, 2.75) is 13.3 Å². The van der Waals surface area contributed by atoms with Crippen LogP contribution in [-0.2, 0) is 14.3 Å². The summed E-state index contributed by atoms with van der Waals surface area (Å²) in [5.41, 5.74) is 0. The maximum Gasteiger partial charge on any atom is 0.325 e. The van der Waals surface area contributed by atoms with Crippen molar-refractivity contribution in [3.8, 4) is 0 Å². The number of amides is 1. The maximum atomic E-state index is 11.0. The lowest BCUT2D eigenvalue weighted by Crippen LogP contribution is -2.32. The Morgan fingerprint density at radius 2 is 2.08 bits per heavy atom. The van der Waals surface area contributed by atoms with Crippen LogP contribution in [0, 0.1) is 0 Å². The predicted octanol–water partition coefficient (Wildman–Crippen LogP) is -0.725. The van der Waals surface area contributed by atoms with Gasteiger partial charge < -0.3 is 15.4 Å². The van der Waals surface area contributed by atoms with Crippen molar-refractivity contribution >= 4 is 11.9 Å². The van der Waals surface area contributed by atoms with E-state index in [4.69, 9.17) is 0 Å². The van der Waals surface area contributed by atoms with E-state index in [-0.39, 0.29) is 12.5 Å². The molecule has 0 heterocycles. The van der Waals surface area contributed by atoms with Crippen LogP contribution in [0.2, 0.25) is 0 Å². The quantitative estimate of drug-likeness (QED) is 0.426. The Morgan fingerprint density at radius 1 is 1.38 bits per heavy atom. The molecule has 0 radical (unpaired) electrons. The summed E-state index contributed by atoms with van der Waals surface area (Å²) in [6.07, 6.45) is 0.380. The topological polar surface area (TPSA) is 67.4 Å². The SMILES string of the molecule is CCNCCC(=O)NCC(=O)OC. The number of hydrogen-bond donors (Lipinski definition) is 2. The van der Waals surface area contributed by atoms with Crippen LogP contribution < -0.4 is 10.6 Å². The molecule has 0 aromatic rings. The summed E-state index contributed by atoms with van der Waals surface area (Å²) in [5, 5.41) is 5.44. The maximum absolute atomic E-state index is 11.0. The van der Waals surface area contributed by atoms with Crippen LogP contribution in [0.3, 0.4) is 0 Å². The number of carbonyl (C=O) groups excluding carboxylic acids is 2. The van der Waals surface area contributed by atoms with E-state index in [1.807, 2.05) is 6.92 Å². The van der Waals surface area contributed by atoms with Gasteiger partial charge in [-0.05, 0) is 6.54 Å². The summed E-state index contributed by atoms with van der Waals surface area (Å²) in [6.45, 7) is 3.38. The van der Waals surface area contributed by atoms with Crippen LogP contribution in [0.4, 0.5) is 0 Å². The Bertz CT molecular complexity index is 171. The van der Waals surface area contributed by atoms with Gasteiger partial charge in [0.1, 0.15) is 6.54 Å². The van der Waals surface area contributed by atoms with E-state index in [0.717, 1.165) is 6.54 Å². The van der Waals surface area contributed by atoms with Gasteiger partial charge in [0.2, 0.25) is 5.91 Å². The highest BCUT2D eigenvalue weighted by Gasteiger charge is 2.03. The average molecular weight is 188 g/mol. The third-order valence-electron chi connectivity index (χ3n) is 1.44. The van der Waals surface area contributed by atoms with Crippen molar-refractivity contribution < 1.29 is 14.3 Å². The zero-order valence-corrected chi connectivity index (χ0v) is 8.05. The fourth-order valence-corrected chi connectivity index (χ4v) is 0.710. The molecule has 0 fully saturated rings. The molecule has 76 valence electrons. The van der Waals surface area contributed by atoms with Crippen LogP contribution in [0.5, 0.6) is 0 Å². The first-order chi connectivity index (χ1) is 6.20. The van der Waals surface area contributed by atoms with Crippen molar-refractivity contribution in [1.82, 2.24) is 10.6 Å². The van der Waals surface area contributed by atoms with Crippen LogP contribution in [0.25, 0.3) is 0 Å². The largest absolute Gasteiger partial charge is 0.468 e. The third kappa shape index (κ3) is 7.27. The van der Waals surface area contributed by atoms with Crippen LogP contribution in [0.1, 0.15) is 13.3 Å². The first-order valence-electron chi connectivity index (χ1n) is 4.25. The Kier molecular flexibility index (Phi) is 6.91. The highest BCUT2D eigenvalue weighted by Crippen LogP contribution is 1.77. The van der Waals surface area contributed by atoms with Gasteiger partial charge in [0.15, 0.2) is 0 Å². The summed E-state index contributed by atoms with van der Waals surface area (Å²) in [7, 11) is 1.28. The molecule has 0 saturated carbocycles. The molecular formula is C8H16N2O3. The second-order valence-electron chi connectivity index (χ2n) is 2.46. The zero-order valence-electron chi connectivity index (χ0n) is 8.05. The Morgan fingerprint density at radius 3 is 2.62 bits per heavy atom. The number of methoxy groups -OCH3 is 1. The normalized spacial score (nSPS) is 9.38. The number of rotatable bonds is 6. The number of hydrogen-bond acceptors (Lipinski definition) is 4. The van der Waals surface area contributed by atoms with E-state index in [0.29, 0.717) is 13.0 Å². The Hall–Kier alpha value is -1.10. The number of carbonyl (C=O) groups is 2. The van der Waals surface area contributed by atoms with Crippen molar-refractivity contribution in [2.24, 2.45) is 0 Å². The minimum absolute atomic E-state index is 0.0541. The zero-order chi connectivity index (χ0) is 10.1. The van der Waals surface area contributed by atoms with Crippen LogP contribution in [0.15, 0.2) is 0 Å². The lowest BCUT2D eigenvalue weighted by atomic mass is 10.4. The molecule has 5 heteroatoms. The molecule has 13 heavy (non-hydrogen) atoms. The second-order valence-corrected chi connectivity index (χ2v) is 2.46. The van der Waals surface area contributed by atoms with Gasteiger partial charge in [-0.3, -0.25) is 9.59 Å². The van der Waals surface area contributed by atoms with Gasteiger partial charge >= 0.3 is 5.97 Å². The predicted molar refractivity (Wildman–Crippen MR) is 48.2 cm³/mol. The molecule has 5 nitrogen and oxygen atoms in total. The molecule has 0 saturated heterocycles. The van der Waals surface area contributed by atoms with Gasteiger partial charge in [0, 0.05) is 13.0 Å². The van der Waals surface area contributed by atoms with E-state index < -0.39 is 5.97 Å². The number of nitrogens with one attached hydrogen (secondary N) is 2. The highest BCUT2D eigenvalue weighted by atomic mass is 16.5. The molecule has 0 bridgehead atoms. The molecule has 0 spiro atoms. The van der Waals surface area contributed by atoms with Gasteiger partial charge in [-0.25, -0.2) is 0 Å². The van der Waals surface area contributed by atoms with Crippen molar-refractivity contribution in [1.29, 1.82) is 0 Å². The summed E-state index contributed by atoms with van der Waals surface area (Å²) < 4.78 is 4.36. The molecule has 0 aliphatic rings. The lowest BCUT2D eigenvalue weighted by Gasteiger charge is -2.03. The number of ether oxygens (including phenoxy) is 1. The minimum atomic E-state index is -0.434. The summed E-state index contributed by atoms with van der Waals surface area (Å²) in [5.74, 6) is -0.580. The summed E-state index contributed by atoms with van der Waals surface area (Å²) >= 11 is 0. The van der Waals surface area contributed by atoms with Crippen LogP contribution >= 0.6 is 0 Å². The summed E-state index contributed by atoms with van der Waals surface area (Å²) in [4.78, 5) is 21.6. The van der Waals surface area contributed by atoms with Gasteiger partial charge in [0.25, 0.3) is 0 Å². The molecule has 2 N–H and O–H groups in total. The van der Waals surface area contributed by atoms with Gasteiger partial charge in [0.05, 0.1) is 7.11 Å². The van der Waals surface area contributed by atoms with E-state index in [1.54, 1.807) is 0 Å². The van der Waals surface area contributed by atoms with Gasteiger partial charge in [-0.1, -0.05) is 6.92 Å². The molecule has 0 aromatic heterocycles. The molecule has 0 rings (SSSR count). The molecule has 0 aliphatic heterocycles. The second kappa shape index (κ2) is 7.54. The Balaban J connectivity index is 3.35. The number of esters is 1. The molecule has 0 unspecified atom stereocenters. The van der Waals surface area contributed by atoms with E-state index in [1.165, 1.54) is 7.11 Å². The third-order valence-corrected chi connectivity index (χ3v) is 1.44. The Labute approximate surface area is 77.8 Å². The molecule has 0 atom stereocenters. The average Bonchev–Trinajstić information content (AvgIpc) is 2.14. The fraction of sp³-hybridized carbons (Fsp3) is 0.750.